The average Bonchev–Trinajstić information content (AvgIpc) is 2.83. The van der Waals surface area contributed by atoms with Gasteiger partial charge in [-0.2, -0.15) is 0 Å². The van der Waals surface area contributed by atoms with E-state index in [1.807, 2.05) is 0 Å². The summed E-state index contributed by atoms with van der Waals surface area (Å²) in [7, 11) is 0. The van der Waals surface area contributed by atoms with Crippen LogP contribution in [0.25, 0.3) is 0 Å². The Morgan fingerprint density at radius 2 is 1.00 bits per heavy atom. The Morgan fingerprint density at radius 3 is 1.40 bits per heavy atom. The molecule has 0 aliphatic rings. The highest BCUT2D eigenvalue weighted by Gasteiger charge is 2.19. The molecule has 0 aliphatic carbocycles. The number of aliphatic hydroxyl groups excluding tert-OH is 1. The number of allylic oxidation sites excluding steroid dienone is 2. The molecule has 0 aromatic heterocycles. The molecule has 1 unspecified atom stereocenters. The molecule has 35 heavy (non-hydrogen) atoms. The lowest BCUT2D eigenvalue weighted by Crippen LogP contribution is -2.26. The monoisotopic (exact) mass is 496 g/mol. The summed E-state index contributed by atoms with van der Waals surface area (Å²) in [6.45, 7) is 2.53. The van der Waals surface area contributed by atoms with E-state index in [0.29, 0.717) is 0 Å². The van der Waals surface area contributed by atoms with Gasteiger partial charge in [0.15, 0.2) is 6.10 Å². The number of aliphatic carboxylic acids is 1. The molecule has 0 aromatic carbocycles. The summed E-state index contributed by atoms with van der Waals surface area (Å²) < 4.78 is 4.89. The minimum atomic E-state index is -1.56. The maximum atomic E-state index is 11.4. The van der Waals surface area contributed by atoms with Crippen LogP contribution < -0.4 is 0 Å². The normalized spacial score (nSPS) is 12.3. The van der Waals surface area contributed by atoms with Gasteiger partial charge in [0, 0.05) is 0 Å². The molecule has 0 saturated heterocycles. The number of carbonyl (C=O) groups excluding carboxylic acids is 1. The van der Waals surface area contributed by atoms with Gasteiger partial charge < -0.3 is 14.9 Å². The number of carboxylic acid groups (broad SMARTS) is 1. The minimum absolute atomic E-state index is 0.248. The van der Waals surface area contributed by atoms with E-state index in [1.165, 1.54) is 116 Å². The summed E-state index contributed by atoms with van der Waals surface area (Å²) in [6, 6.07) is 0. The predicted molar refractivity (Wildman–Crippen MR) is 146 cm³/mol. The van der Waals surface area contributed by atoms with Crippen molar-refractivity contribution in [3.8, 4) is 0 Å². The number of aliphatic hydroxyl groups is 1. The molecule has 0 aromatic rings. The summed E-state index contributed by atoms with van der Waals surface area (Å²) in [5, 5.41) is 17.8. The first kappa shape index (κ1) is 33.6. The van der Waals surface area contributed by atoms with Crippen molar-refractivity contribution in [1.29, 1.82) is 0 Å². The van der Waals surface area contributed by atoms with E-state index in [-0.39, 0.29) is 6.61 Å². The molecule has 0 spiro atoms. The van der Waals surface area contributed by atoms with Gasteiger partial charge in [-0.25, -0.2) is 4.79 Å². The maximum absolute atomic E-state index is 11.4. The standard InChI is InChI=1S/C30H56O5/c1-2-3-4-5-6-7-8-9-10-11-12-13-14-15-16-17-18-19-20-21-22-23-24-25-26-35-30(34)28(31)27-29(32)33/h17-18,28,31H,2-16,19-27H2,1H3,(H,32,33). The van der Waals surface area contributed by atoms with Gasteiger partial charge in [-0.05, 0) is 32.1 Å². The molecule has 0 bridgehead atoms. The molecule has 2 N–H and O–H groups in total. The van der Waals surface area contributed by atoms with Crippen molar-refractivity contribution >= 4 is 11.9 Å². The topological polar surface area (TPSA) is 83.8 Å². The van der Waals surface area contributed by atoms with Gasteiger partial charge in [-0.15, -0.1) is 0 Å². The van der Waals surface area contributed by atoms with E-state index < -0.39 is 24.5 Å². The quantitative estimate of drug-likeness (QED) is 0.0676. The lowest BCUT2D eigenvalue weighted by atomic mass is 10.0. The van der Waals surface area contributed by atoms with Crippen LogP contribution in [0.1, 0.15) is 155 Å². The van der Waals surface area contributed by atoms with Crippen molar-refractivity contribution in [2.75, 3.05) is 6.61 Å². The summed E-state index contributed by atoms with van der Waals surface area (Å²) in [6.07, 6.45) is 31.2. The zero-order chi connectivity index (χ0) is 25.8. The summed E-state index contributed by atoms with van der Waals surface area (Å²) in [4.78, 5) is 21.8. The molecule has 0 amide bonds. The Hall–Kier alpha value is -1.36. The lowest BCUT2D eigenvalue weighted by Gasteiger charge is -2.08. The summed E-state index contributed by atoms with van der Waals surface area (Å²) >= 11 is 0. The van der Waals surface area contributed by atoms with E-state index in [1.54, 1.807) is 0 Å². The SMILES string of the molecule is CCCCCCCCCCCCCCCCC=CCCCCCCCCOC(=O)C(O)CC(=O)O. The van der Waals surface area contributed by atoms with Gasteiger partial charge in [-0.3, -0.25) is 4.79 Å². The van der Waals surface area contributed by atoms with Crippen LogP contribution in [-0.4, -0.2) is 34.9 Å². The molecular formula is C30H56O5. The van der Waals surface area contributed by atoms with E-state index in [0.717, 1.165) is 25.7 Å². The molecule has 0 heterocycles. The molecule has 0 rings (SSSR count). The second kappa shape index (κ2) is 27.2. The van der Waals surface area contributed by atoms with E-state index >= 15 is 0 Å². The van der Waals surface area contributed by atoms with Crippen LogP contribution >= 0.6 is 0 Å². The molecule has 5 heteroatoms. The van der Waals surface area contributed by atoms with Gasteiger partial charge >= 0.3 is 11.9 Å². The number of hydrogen-bond donors (Lipinski definition) is 2. The molecule has 0 saturated carbocycles. The predicted octanol–water partition coefficient (Wildman–Crippen LogP) is 8.52. The van der Waals surface area contributed by atoms with Gasteiger partial charge in [0.05, 0.1) is 13.0 Å². The number of ether oxygens (including phenoxy) is 1. The Morgan fingerprint density at radius 1 is 0.629 bits per heavy atom. The molecule has 0 aliphatic heterocycles. The van der Waals surface area contributed by atoms with Gasteiger partial charge in [0.25, 0.3) is 0 Å². The third-order valence-corrected chi connectivity index (χ3v) is 6.54. The van der Waals surface area contributed by atoms with Crippen LogP contribution in [0.2, 0.25) is 0 Å². The van der Waals surface area contributed by atoms with Gasteiger partial charge in [0.1, 0.15) is 0 Å². The largest absolute Gasteiger partial charge is 0.481 e. The zero-order valence-corrected chi connectivity index (χ0v) is 22.8. The average molecular weight is 497 g/mol. The smallest absolute Gasteiger partial charge is 0.335 e. The fraction of sp³-hybridized carbons (Fsp3) is 0.867. The van der Waals surface area contributed by atoms with Crippen molar-refractivity contribution < 1.29 is 24.5 Å². The first-order chi connectivity index (χ1) is 17.1. The van der Waals surface area contributed by atoms with Crippen LogP contribution in [0.4, 0.5) is 0 Å². The molecule has 0 radical (unpaired) electrons. The van der Waals surface area contributed by atoms with Crippen molar-refractivity contribution in [3.63, 3.8) is 0 Å². The second-order valence-corrected chi connectivity index (χ2v) is 10.0. The third-order valence-electron chi connectivity index (χ3n) is 6.54. The Bertz CT molecular complexity index is 503. The number of carboxylic acids is 1. The Kier molecular flexibility index (Phi) is 26.2. The van der Waals surface area contributed by atoms with Crippen LogP contribution in [0.3, 0.4) is 0 Å². The number of esters is 1. The van der Waals surface area contributed by atoms with E-state index in [4.69, 9.17) is 9.84 Å². The lowest BCUT2D eigenvalue weighted by molar-refractivity contribution is -0.158. The maximum Gasteiger partial charge on any atom is 0.335 e. The summed E-state index contributed by atoms with van der Waals surface area (Å²) in [5.74, 6) is -2.05. The number of carbonyl (C=O) groups is 2. The Labute approximate surface area is 216 Å². The van der Waals surface area contributed by atoms with Crippen molar-refractivity contribution in [3.05, 3.63) is 12.2 Å². The highest BCUT2D eigenvalue weighted by atomic mass is 16.5. The van der Waals surface area contributed by atoms with Crippen LogP contribution in [0.5, 0.6) is 0 Å². The Balaban J connectivity index is 3.21. The van der Waals surface area contributed by atoms with Crippen molar-refractivity contribution in [1.82, 2.24) is 0 Å². The zero-order valence-electron chi connectivity index (χ0n) is 22.8. The van der Waals surface area contributed by atoms with E-state index in [2.05, 4.69) is 19.1 Å². The van der Waals surface area contributed by atoms with E-state index in [9.17, 15) is 14.7 Å². The van der Waals surface area contributed by atoms with Crippen LogP contribution in [0.15, 0.2) is 12.2 Å². The van der Waals surface area contributed by atoms with Crippen LogP contribution in [-0.2, 0) is 14.3 Å². The molecular weight excluding hydrogens is 440 g/mol. The minimum Gasteiger partial charge on any atom is -0.481 e. The number of unbranched alkanes of at least 4 members (excludes halogenated alkanes) is 20. The highest BCUT2D eigenvalue weighted by Crippen LogP contribution is 2.14. The fourth-order valence-corrected chi connectivity index (χ4v) is 4.28. The first-order valence-corrected chi connectivity index (χ1v) is 14.8. The molecule has 0 fully saturated rings. The van der Waals surface area contributed by atoms with Crippen molar-refractivity contribution in [2.45, 2.75) is 161 Å². The van der Waals surface area contributed by atoms with Crippen molar-refractivity contribution in [2.24, 2.45) is 0 Å². The third kappa shape index (κ3) is 27.1. The molecule has 206 valence electrons. The number of hydrogen-bond acceptors (Lipinski definition) is 4. The van der Waals surface area contributed by atoms with Gasteiger partial charge in [-0.1, -0.05) is 128 Å². The number of rotatable bonds is 27. The first-order valence-electron chi connectivity index (χ1n) is 14.8. The fourth-order valence-electron chi connectivity index (χ4n) is 4.28. The molecule has 5 nitrogen and oxygen atoms in total. The molecule has 1 atom stereocenters. The second-order valence-electron chi connectivity index (χ2n) is 10.0. The van der Waals surface area contributed by atoms with Crippen LogP contribution in [0, 0.1) is 0 Å². The van der Waals surface area contributed by atoms with Gasteiger partial charge in [0.2, 0.25) is 0 Å². The summed E-state index contributed by atoms with van der Waals surface area (Å²) in [5.41, 5.74) is 0. The highest BCUT2D eigenvalue weighted by molar-refractivity contribution is 5.80.